The predicted molar refractivity (Wildman–Crippen MR) is 90.6 cm³/mol. The number of benzene rings is 2. The van der Waals surface area contributed by atoms with E-state index in [-0.39, 0.29) is 0 Å². The normalized spacial score (nSPS) is 10.8. The molecule has 0 aromatic heterocycles. The second-order valence-electron chi connectivity index (χ2n) is 4.79. The van der Waals surface area contributed by atoms with E-state index in [1.807, 2.05) is 0 Å². The van der Waals surface area contributed by atoms with Crippen LogP contribution in [0, 0.1) is 13.8 Å². The van der Waals surface area contributed by atoms with Crippen LogP contribution in [0.3, 0.4) is 0 Å². The summed E-state index contributed by atoms with van der Waals surface area (Å²) in [6.45, 7) is 5.54. The van der Waals surface area contributed by atoms with E-state index in [2.05, 4.69) is 62.4 Å². The summed E-state index contributed by atoms with van der Waals surface area (Å²) in [4.78, 5) is 2.27. The van der Waals surface area contributed by atoms with Crippen LogP contribution in [0.4, 0.5) is 0 Å². The van der Waals surface area contributed by atoms with Crippen molar-refractivity contribution in [2.45, 2.75) is 30.1 Å². The van der Waals surface area contributed by atoms with Crippen LogP contribution in [0.1, 0.15) is 17.5 Å². The Bertz CT molecular complexity index is 474. The molecule has 0 amide bonds. The summed E-state index contributed by atoms with van der Waals surface area (Å²) in [6, 6.07) is 16.7. The van der Waals surface area contributed by atoms with Crippen LogP contribution in [-0.4, -0.2) is 13.2 Å². The molecular formula is C17H20O2S2. The number of rotatable bonds is 8. The van der Waals surface area contributed by atoms with Gasteiger partial charge in [0, 0.05) is 33.9 Å². The standard InChI is InChI=1S/C17H20O2S2/c1-14-4-8-16(9-5-14)20-18-12-3-13-19-21-17-10-6-15(2)7-11-17/h4-11H,3,12-13H2,1-2H3. The van der Waals surface area contributed by atoms with Crippen molar-refractivity contribution in [3.63, 3.8) is 0 Å². The molecule has 4 heteroatoms. The Balaban J connectivity index is 1.52. The van der Waals surface area contributed by atoms with Gasteiger partial charge in [-0.15, -0.1) is 0 Å². The lowest BCUT2D eigenvalue weighted by Gasteiger charge is -2.04. The fourth-order valence-corrected chi connectivity index (χ4v) is 2.75. The van der Waals surface area contributed by atoms with E-state index in [1.54, 1.807) is 0 Å². The summed E-state index contributed by atoms with van der Waals surface area (Å²) in [5.74, 6) is 0. The van der Waals surface area contributed by atoms with E-state index in [4.69, 9.17) is 8.37 Å². The van der Waals surface area contributed by atoms with Gasteiger partial charge in [-0.05, 0) is 44.5 Å². The molecule has 0 saturated heterocycles. The van der Waals surface area contributed by atoms with Gasteiger partial charge in [0.25, 0.3) is 0 Å². The van der Waals surface area contributed by atoms with E-state index >= 15 is 0 Å². The first-order valence-electron chi connectivity index (χ1n) is 6.96. The van der Waals surface area contributed by atoms with E-state index in [0.29, 0.717) is 13.2 Å². The molecule has 0 saturated carbocycles. The minimum atomic E-state index is 0.688. The second-order valence-corrected chi connectivity index (χ2v) is 6.54. The van der Waals surface area contributed by atoms with Gasteiger partial charge < -0.3 is 8.37 Å². The molecule has 2 aromatic carbocycles. The molecule has 112 valence electrons. The summed E-state index contributed by atoms with van der Waals surface area (Å²) in [7, 11) is 0. The zero-order valence-corrected chi connectivity index (χ0v) is 14.0. The SMILES string of the molecule is Cc1ccc(SOCCCOSc2ccc(C)cc2)cc1. The summed E-state index contributed by atoms with van der Waals surface area (Å²) < 4.78 is 11.1. The molecule has 2 nitrogen and oxygen atoms in total. The van der Waals surface area contributed by atoms with Gasteiger partial charge in [-0.2, -0.15) is 0 Å². The third kappa shape index (κ3) is 6.57. The molecule has 0 spiro atoms. The minimum absolute atomic E-state index is 0.688. The summed E-state index contributed by atoms with van der Waals surface area (Å²) in [6.07, 6.45) is 0.887. The minimum Gasteiger partial charge on any atom is -0.310 e. The fourth-order valence-electron chi connectivity index (χ4n) is 1.58. The van der Waals surface area contributed by atoms with Crippen LogP contribution in [0.2, 0.25) is 0 Å². The van der Waals surface area contributed by atoms with Crippen LogP contribution in [0.15, 0.2) is 58.3 Å². The van der Waals surface area contributed by atoms with E-state index < -0.39 is 0 Å². The molecule has 0 unspecified atom stereocenters. The van der Waals surface area contributed by atoms with Crippen molar-refractivity contribution in [3.05, 3.63) is 59.7 Å². The molecule has 21 heavy (non-hydrogen) atoms. The van der Waals surface area contributed by atoms with Crippen molar-refractivity contribution < 1.29 is 8.37 Å². The lowest BCUT2D eigenvalue weighted by molar-refractivity contribution is 0.295. The zero-order valence-electron chi connectivity index (χ0n) is 12.4. The summed E-state index contributed by atoms with van der Waals surface area (Å²) in [5, 5.41) is 0. The topological polar surface area (TPSA) is 18.5 Å². The molecular weight excluding hydrogens is 300 g/mol. The van der Waals surface area contributed by atoms with Crippen molar-refractivity contribution in [2.75, 3.05) is 13.2 Å². The Labute approximate surface area is 135 Å². The lowest BCUT2D eigenvalue weighted by Crippen LogP contribution is -1.93. The van der Waals surface area contributed by atoms with Gasteiger partial charge in [0.2, 0.25) is 0 Å². The Morgan fingerprint density at radius 3 is 1.43 bits per heavy atom. The highest BCUT2D eigenvalue weighted by atomic mass is 32.2. The lowest BCUT2D eigenvalue weighted by atomic mass is 10.2. The van der Waals surface area contributed by atoms with Gasteiger partial charge >= 0.3 is 0 Å². The average Bonchev–Trinajstić information content (AvgIpc) is 2.50. The van der Waals surface area contributed by atoms with Gasteiger partial charge in [-0.1, -0.05) is 35.4 Å². The van der Waals surface area contributed by atoms with Gasteiger partial charge in [0.05, 0.1) is 13.2 Å². The Kier molecular flexibility index (Phi) is 7.16. The average molecular weight is 320 g/mol. The van der Waals surface area contributed by atoms with Crippen molar-refractivity contribution in [1.82, 2.24) is 0 Å². The molecule has 0 aliphatic carbocycles. The van der Waals surface area contributed by atoms with E-state index in [1.165, 1.54) is 35.2 Å². The summed E-state index contributed by atoms with van der Waals surface area (Å²) in [5.41, 5.74) is 2.53. The molecule has 0 aliphatic rings. The Morgan fingerprint density at radius 1 is 0.667 bits per heavy atom. The molecule has 0 fully saturated rings. The molecule has 2 rings (SSSR count). The summed E-state index contributed by atoms with van der Waals surface area (Å²) >= 11 is 2.85. The zero-order chi connectivity index (χ0) is 14.9. The van der Waals surface area contributed by atoms with Crippen LogP contribution >= 0.6 is 24.1 Å². The first-order chi connectivity index (χ1) is 10.2. The van der Waals surface area contributed by atoms with Crippen molar-refractivity contribution in [2.24, 2.45) is 0 Å². The Morgan fingerprint density at radius 2 is 1.05 bits per heavy atom. The van der Waals surface area contributed by atoms with Crippen LogP contribution in [0.25, 0.3) is 0 Å². The van der Waals surface area contributed by atoms with Crippen molar-refractivity contribution in [1.29, 1.82) is 0 Å². The number of aryl methyl sites for hydroxylation is 2. The monoisotopic (exact) mass is 320 g/mol. The van der Waals surface area contributed by atoms with Gasteiger partial charge in [-0.3, -0.25) is 0 Å². The molecule has 0 atom stereocenters. The molecule has 0 aliphatic heterocycles. The highest BCUT2D eigenvalue weighted by molar-refractivity contribution is 7.95. The van der Waals surface area contributed by atoms with E-state index in [0.717, 1.165) is 16.2 Å². The molecule has 0 heterocycles. The predicted octanol–water partition coefficient (Wildman–Crippen LogP) is 5.44. The smallest absolute Gasteiger partial charge is 0.0640 e. The number of hydrogen-bond acceptors (Lipinski definition) is 4. The molecule has 0 radical (unpaired) electrons. The third-order valence-corrected chi connectivity index (χ3v) is 4.31. The van der Waals surface area contributed by atoms with Gasteiger partial charge in [0.1, 0.15) is 0 Å². The molecule has 0 N–H and O–H groups in total. The van der Waals surface area contributed by atoms with Crippen LogP contribution in [-0.2, 0) is 8.37 Å². The molecule has 2 aromatic rings. The van der Waals surface area contributed by atoms with Crippen molar-refractivity contribution >= 4 is 24.1 Å². The van der Waals surface area contributed by atoms with Gasteiger partial charge in [-0.25, -0.2) is 0 Å². The molecule has 0 bridgehead atoms. The highest BCUT2D eigenvalue weighted by Gasteiger charge is 1.97. The highest BCUT2D eigenvalue weighted by Crippen LogP contribution is 2.21. The van der Waals surface area contributed by atoms with Crippen LogP contribution < -0.4 is 0 Å². The largest absolute Gasteiger partial charge is 0.310 e. The maximum absolute atomic E-state index is 5.55. The van der Waals surface area contributed by atoms with E-state index in [9.17, 15) is 0 Å². The maximum Gasteiger partial charge on any atom is 0.0640 e. The first kappa shape index (κ1) is 16.4. The number of hydrogen-bond donors (Lipinski definition) is 0. The third-order valence-electron chi connectivity index (χ3n) is 2.81. The van der Waals surface area contributed by atoms with Crippen molar-refractivity contribution in [3.8, 4) is 0 Å². The second kappa shape index (κ2) is 9.15. The van der Waals surface area contributed by atoms with Crippen LogP contribution in [0.5, 0.6) is 0 Å². The Hall–Kier alpha value is -0.940. The quantitative estimate of drug-likeness (QED) is 0.476. The first-order valence-corrected chi connectivity index (χ1v) is 8.44. The fraction of sp³-hybridized carbons (Fsp3) is 0.294. The van der Waals surface area contributed by atoms with Gasteiger partial charge in [0.15, 0.2) is 0 Å². The maximum atomic E-state index is 5.55.